The van der Waals surface area contributed by atoms with Gasteiger partial charge in [0.15, 0.2) is 0 Å². The molecule has 1 aliphatic carbocycles. The third kappa shape index (κ3) is 1.77. The first-order chi connectivity index (χ1) is 7.84. The van der Waals surface area contributed by atoms with Gasteiger partial charge in [-0.1, -0.05) is 18.0 Å². The Morgan fingerprint density at radius 3 is 2.94 bits per heavy atom. The van der Waals surface area contributed by atoms with E-state index in [9.17, 15) is 0 Å². The van der Waals surface area contributed by atoms with Gasteiger partial charge in [0.1, 0.15) is 11.0 Å². The van der Waals surface area contributed by atoms with Gasteiger partial charge in [0.2, 0.25) is 0 Å². The third-order valence-corrected chi connectivity index (χ3v) is 4.06. The van der Waals surface area contributed by atoms with Crippen LogP contribution in [0.4, 0.5) is 5.82 Å². The fourth-order valence-corrected chi connectivity index (χ4v) is 3.35. The first-order valence-corrected chi connectivity index (χ1v) is 6.46. The molecule has 2 fully saturated rings. The minimum Gasteiger partial charge on any atom is -0.352 e. The maximum Gasteiger partial charge on any atom is 0.149 e. The van der Waals surface area contributed by atoms with Gasteiger partial charge in [-0.2, -0.15) is 0 Å². The van der Waals surface area contributed by atoms with Gasteiger partial charge in [-0.3, -0.25) is 4.98 Å². The molecule has 3 rings (SSSR count). The number of halogens is 1. The van der Waals surface area contributed by atoms with Crippen LogP contribution < -0.4 is 4.90 Å². The van der Waals surface area contributed by atoms with Gasteiger partial charge < -0.3 is 4.90 Å². The van der Waals surface area contributed by atoms with Crippen LogP contribution in [0.25, 0.3) is 0 Å². The lowest BCUT2D eigenvalue weighted by Gasteiger charge is -2.38. The lowest BCUT2D eigenvalue weighted by atomic mass is 9.92. The summed E-state index contributed by atoms with van der Waals surface area (Å²) >= 11 is 5.91. The van der Waals surface area contributed by atoms with Crippen LogP contribution in [0.3, 0.4) is 0 Å². The Morgan fingerprint density at radius 1 is 1.19 bits per heavy atom. The van der Waals surface area contributed by atoms with Crippen molar-refractivity contribution in [2.75, 3.05) is 11.4 Å². The maximum absolute atomic E-state index is 5.91. The summed E-state index contributed by atoms with van der Waals surface area (Å²) in [6.07, 6.45) is 10.1. The highest BCUT2D eigenvalue weighted by Gasteiger charge is 2.35. The number of nitrogens with zero attached hydrogens (tertiary/aromatic N) is 3. The predicted molar refractivity (Wildman–Crippen MR) is 64.8 cm³/mol. The zero-order valence-corrected chi connectivity index (χ0v) is 10.0. The number of aromatic nitrogens is 2. The van der Waals surface area contributed by atoms with E-state index in [0.717, 1.165) is 18.3 Å². The summed E-state index contributed by atoms with van der Waals surface area (Å²) in [5.74, 6) is 1.83. The summed E-state index contributed by atoms with van der Waals surface area (Å²) in [7, 11) is 0. The molecule has 2 atom stereocenters. The van der Waals surface area contributed by atoms with E-state index in [-0.39, 0.29) is 0 Å². The molecule has 0 amide bonds. The molecular formula is C12H16ClN3. The van der Waals surface area contributed by atoms with E-state index in [4.69, 9.17) is 11.6 Å². The molecule has 1 aromatic heterocycles. The molecule has 1 saturated carbocycles. The van der Waals surface area contributed by atoms with Crippen LogP contribution in [0.2, 0.25) is 5.15 Å². The van der Waals surface area contributed by atoms with Crippen LogP contribution in [0, 0.1) is 5.92 Å². The van der Waals surface area contributed by atoms with Crippen LogP contribution in [-0.2, 0) is 0 Å². The molecule has 16 heavy (non-hydrogen) atoms. The lowest BCUT2D eigenvalue weighted by Crippen LogP contribution is -2.43. The molecule has 4 heteroatoms. The molecule has 0 aromatic carbocycles. The summed E-state index contributed by atoms with van der Waals surface area (Å²) < 4.78 is 0. The summed E-state index contributed by atoms with van der Waals surface area (Å²) in [6, 6.07) is 0.682. The molecule has 0 N–H and O–H groups in total. The number of anilines is 1. The average molecular weight is 238 g/mol. The van der Waals surface area contributed by atoms with Gasteiger partial charge in [-0.25, -0.2) is 4.98 Å². The first kappa shape index (κ1) is 10.3. The Kier molecular flexibility index (Phi) is 2.72. The molecule has 3 nitrogen and oxygen atoms in total. The van der Waals surface area contributed by atoms with Crippen LogP contribution in [0.15, 0.2) is 12.4 Å². The van der Waals surface area contributed by atoms with E-state index in [1.54, 1.807) is 6.20 Å². The molecule has 1 saturated heterocycles. The summed E-state index contributed by atoms with van der Waals surface area (Å²) in [4.78, 5) is 10.9. The van der Waals surface area contributed by atoms with Gasteiger partial charge >= 0.3 is 0 Å². The van der Waals surface area contributed by atoms with Crippen LogP contribution in [0.5, 0.6) is 0 Å². The third-order valence-electron chi connectivity index (χ3n) is 3.88. The van der Waals surface area contributed by atoms with Gasteiger partial charge in [-0.15, -0.1) is 0 Å². The van der Waals surface area contributed by atoms with Crippen molar-refractivity contribution in [3.05, 3.63) is 17.5 Å². The molecule has 2 aliphatic rings. The van der Waals surface area contributed by atoms with E-state index in [1.807, 2.05) is 6.20 Å². The lowest BCUT2D eigenvalue weighted by molar-refractivity contribution is 0.360. The number of rotatable bonds is 1. The Balaban J connectivity index is 1.88. The second-order valence-electron chi connectivity index (χ2n) is 4.79. The van der Waals surface area contributed by atoms with Crippen molar-refractivity contribution in [1.82, 2.24) is 9.97 Å². The van der Waals surface area contributed by atoms with Crippen molar-refractivity contribution in [2.45, 2.75) is 38.1 Å². The average Bonchev–Trinajstić information content (AvgIpc) is 2.76. The highest BCUT2D eigenvalue weighted by molar-refractivity contribution is 6.29. The zero-order chi connectivity index (χ0) is 11.0. The predicted octanol–water partition coefficient (Wildman–Crippen LogP) is 2.90. The van der Waals surface area contributed by atoms with Gasteiger partial charge in [0.05, 0.1) is 12.4 Å². The fraction of sp³-hybridized carbons (Fsp3) is 0.667. The molecule has 2 heterocycles. The van der Waals surface area contributed by atoms with Crippen molar-refractivity contribution >= 4 is 17.4 Å². The highest BCUT2D eigenvalue weighted by atomic mass is 35.5. The van der Waals surface area contributed by atoms with Crippen LogP contribution in [-0.4, -0.2) is 22.6 Å². The van der Waals surface area contributed by atoms with Gasteiger partial charge in [0.25, 0.3) is 0 Å². The first-order valence-electron chi connectivity index (χ1n) is 6.09. The molecule has 1 aliphatic heterocycles. The number of fused-ring (bicyclic) bond motifs is 1. The normalized spacial score (nSPS) is 29.2. The van der Waals surface area contributed by atoms with E-state index in [0.29, 0.717) is 11.2 Å². The number of hydrogen-bond donors (Lipinski definition) is 0. The SMILES string of the molecule is Clc1cncc(N2CCCC3CCCC32)n1. The van der Waals surface area contributed by atoms with Crippen molar-refractivity contribution in [3.8, 4) is 0 Å². The van der Waals surface area contributed by atoms with E-state index in [1.165, 1.54) is 32.1 Å². The Labute approximate surface area is 101 Å². The molecular weight excluding hydrogens is 222 g/mol. The fourth-order valence-electron chi connectivity index (χ4n) is 3.21. The van der Waals surface area contributed by atoms with E-state index in [2.05, 4.69) is 14.9 Å². The standard InChI is InChI=1S/C12H16ClN3/c13-11-7-14-8-12(15-11)16-6-2-4-9-3-1-5-10(9)16/h7-10H,1-6H2. The number of hydrogen-bond acceptors (Lipinski definition) is 3. The monoisotopic (exact) mass is 237 g/mol. The maximum atomic E-state index is 5.91. The van der Waals surface area contributed by atoms with E-state index >= 15 is 0 Å². The Hall–Kier alpha value is -0.830. The van der Waals surface area contributed by atoms with Crippen molar-refractivity contribution in [3.63, 3.8) is 0 Å². The minimum absolute atomic E-state index is 0.498. The molecule has 2 unspecified atom stereocenters. The molecule has 1 aromatic rings. The topological polar surface area (TPSA) is 29.0 Å². The minimum atomic E-state index is 0.498. The largest absolute Gasteiger partial charge is 0.352 e. The Morgan fingerprint density at radius 2 is 2.06 bits per heavy atom. The smallest absolute Gasteiger partial charge is 0.149 e. The molecule has 86 valence electrons. The summed E-state index contributed by atoms with van der Waals surface area (Å²) in [5, 5.41) is 0.498. The Bertz CT molecular complexity index is 382. The second kappa shape index (κ2) is 4.21. The molecule has 0 bridgehead atoms. The highest BCUT2D eigenvalue weighted by Crippen LogP contribution is 2.38. The molecule has 0 spiro atoms. The van der Waals surface area contributed by atoms with Crippen molar-refractivity contribution in [1.29, 1.82) is 0 Å². The van der Waals surface area contributed by atoms with Gasteiger partial charge in [0, 0.05) is 12.6 Å². The molecule has 0 radical (unpaired) electrons. The van der Waals surface area contributed by atoms with Crippen molar-refractivity contribution < 1.29 is 0 Å². The van der Waals surface area contributed by atoms with Crippen molar-refractivity contribution in [2.24, 2.45) is 5.92 Å². The van der Waals surface area contributed by atoms with Crippen LogP contribution >= 0.6 is 11.6 Å². The number of piperidine rings is 1. The van der Waals surface area contributed by atoms with Gasteiger partial charge in [-0.05, 0) is 31.6 Å². The quantitative estimate of drug-likeness (QED) is 0.752. The van der Waals surface area contributed by atoms with E-state index < -0.39 is 0 Å². The second-order valence-corrected chi connectivity index (χ2v) is 5.18. The zero-order valence-electron chi connectivity index (χ0n) is 9.27. The van der Waals surface area contributed by atoms with Crippen LogP contribution in [0.1, 0.15) is 32.1 Å². The summed E-state index contributed by atoms with van der Waals surface area (Å²) in [5.41, 5.74) is 0. The summed E-state index contributed by atoms with van der Waals surface area (Å²) in [6.45, 7) is 1.11.